The van der Waals surface area contributed by atoms with Crippen molar-refractivity contribution in [1.82, 2.24) is 5.32 Å². The number of ether oxygens (including phenoxy) is 7. The molecule has 0 atom stereocenters. The topological polar surface area (TPSA) is 111 Å². The Bertz CT molecular complexity index is 466. The predicted octanol–water partition coefficient (Wildman–Crippen LogP) is 2.17. The molecule has 0 aromatic heterocycles. The van der Waals surface area contributed by atoms with Gasteiger partial charge in [-0.2, -0.15) is 0 Å². The van der Waals surface area contributed by atoms with Gasteiger partial charge in [-0.1, -0.05) is 25.7 Å². The van der Waals surface area contributed by atoms with Crippen molar-refractivity contribution in [2.24, 2.45) is 0 Å². The molecule has 10 nitrogen and oxygen atoms in total. The van der Waals surface area contributed by atoms with E-state index in [9.17, 15) is 9.59 Å². The first-order valence-electron chi connectivity index (χ1n) is 12.9. The van der Waals surface area contributed by atoms with E-state index >= 15 is 0 Å². The summed E-state index contributed by atoms with van der Waals surface area (Å²) in [4.78, 5) is 22.4. The van der Waals surface area contributed by atoms with Gasteiger partial charge in [-0.15, -0.1) is 0 Å². The van der Waals surface area contributed by atoms with Crippen LogP contribution in [0.4, 0.5) is 0 Å². The number of hydrogen-bond acceptors (Lipinski definition) is 9. The maximum atomic E-state index is 11.8. The zero-order chi connectivity index (χ0) is 25.7. The predicted molar refractivity (Wildman–Crippen MR) is 133 cm³/mol. The van der Waals surface area contributed by atoms with E-state index < -0.39 is 0 Å². The standard InChI is InChI=1S/C25H49NO9/c1-24(27)23-35-22-21-34-20-19-33-18-17-32-16-15-31-14-13-30-12-10-26-25(28)9-7-5-3-4-6-8-11-29-2/h3-23H2,1-2H3,(H,26,28). The summed E-state index contributed by atoms with van der Waals surface area (Å²) in [7, 11) is 1.73. The summed E-state index contributed by atoms with van der Waals surface area (Å²) in [6.45, 7) is 8.23. The van der Waals surface area contributed by atoms with Crippen LogP contribution in [0.2, 0.25) is 0 Å². The summed E-state index contributed by atoms with van der Waals surface area (Å²) in [5.74, 6) is 0.0970. The molecule has 0 saturated heterocycles. The number of ketones is 1. The molecule has 0 aromatic rings. The Morgan fingerprint density at radius 1 is 0.543 bits per heavy atom. The fourth-order valence-corrected chi connectivity index (χ4v) is 2.91. The molecule has 10 heteroatoms. The molecule has 0 unspecified atom stereocenters. The van der Waals surface area contributed by atoms with Crippen molar-refractivity contribution in [2.75, 3.05) is 99.5 Å². The molecule has 0 fully saturated rings. The van der Waals surface area contributed by atoms with E-state index in [0.717, 1.165) is 25.9 Å². The lowest BCUT2D eigenvalue weighted by Crippen LogP contribution is -2.27. The van der Waals surface area contributed by atoms with Crippen molar-refractivity contribution in [3.8, 4) is 0 Å². The molecule has 1 amide bonds. The van der Waals surface area contributed by atoms with Crippen LogP contribution in [0.25, 0.3) is 0 Å². The molecule has 1 N–H and O–H groups in total. The van der Waals surface area contributed by atoms with Crippen molar-refractivity contribution in [1.29, 1.82) is 0 Å². The van der Waals surface area contributed by atoms with Crippen LogP contribution in [-0.4, -0.2) is 111 Å². The summed E-state index contributed by atoms with van der Waals surface area (Å²) in [6.07, 6.45) is 7.32. The second-order valence-electron chi connectivity index (χ2n) is 8.03. The van der Waals surface area contributed by atoms with Crippen LogP contribution in [0.5, 0.6) is 0 Å². The van der Waals surface area contributed by atoms with Crippen molar-refractivity contribution in [2.45, 2.75) is 51.9 Å². The highest BCUT2D eigenvalue weighted by atomic mass is 16.6. The second-order valence-corrected chi connectivity index (χ2v) is 8.03. The van der Waals surface area contributed by atoms with Gasteiger partial charge >= 0.3 is 0 Å². The lowest BCUT2D eigenvalue weighted by molar-refractivity contribution is -0.122. The largest absolute Gasteiger partial charge is 0.385 e. The van der Waals surface area contributed by atoms with E-state index in [1.165, 1.54) is 26.2 Å². The molecule has 35 heavy (non-hydrogen) atoms. The van der Waals surface area contributed by atoms with Gasteiger partial charge in [-0.05, 0) is 19.8 Å². The molecule has 0 aromatic carbocycles. The van der Waals surface area contributed by atoms with E-state index in [4.69, 9.17) is 33.2 Å². The molecular weight excluding hydrogens is 458 g/mol. The Labute approximate surface area is 211 Å². The number of carbonyl (C=O) groups is 2. The van der Waals surface area contributed by atoms with Gasteiger partial charge in [0.2, 0.25) is 5.91 Å². The van der Waals surface area contributed by atoms with Crippen molar-refractivity contribution in [3.63, 3.8) is 0 Å². The number of methoxy groups -OCH3 is 1. The average Bonchev–Trinajstić information content (AvgIpc) is 2.84. The lowest BCUT2D eigenvalue weighted by Gasteiger charge is -2.08. The Hall–Kier alpha value is -1.14. The third-order valence-electron chi connectivity index (χ3n) is 4.74. The van der Waals surface area contributed by atoms with Crippen molar-refractivity contribution >= 4 is 11.7 Å². The molecule has 0 heterocycles. The summed E-state index contributed by atoms with van der Waals surface area (Å²) in [6, 6.07) is 0. The number of carbonyl (C=O) groups excluding carboxylic acids is 2. The quantitative estimate of drug-likeness (QED) is 0.152. The third-order valence-corrected chi connectivity index (χ3v) is 4.74. The Kier molecular flexibility index (Phi) is 28.1. The first-order valence-corrected chi connectivity index (χ1v) is 12.9. The van der Waals surface area contributed by atoms with Crippen LogP contribution in [0, 0.1) is 0 Å². The molecule has 0 spiro atoms. The highest BCUT2D eigenvalue weighted by Crippen LogP contribution is 2.07. The summed E-state index contributed by atoms with van der Waals surface area (Å²) < 4.78 is 37.1. The third kappa shape index (κ3) is 30.8. The van der Waals surface area contributed by atoms with Gasteiger partial charge < -0.3 is 38.5 Å². The van der Waals surface area contributed by atoms with Gasteiger partial charge in [-0.25, -0.2) is 0 Å². The zero-order valence-corrected chi connectivity index (χ0v) is 22.0. The van der Waals surface area contributed by atoms with Crippen LogP contribution >= 0.6 is 0 Å². The molecule has 0 rings (SSSR count). The minimum atomic E-state index is 0.00568. The Balaban J connectivity index is 3.12. The van der Waals surface area contributed by atoms with Crippen LogP contribution < -0.4 is 5.32 Å². The summed E-state index contributed by atoms with van der Waals surface area (Å²) in [5.41, 5.74) is 0. The van der Waals surface area contributed by atoms with Gasteiger partial charge in [0, 0.05) is 26.7 Å². The maximum Gasteiger partial charge on any atom is 0.220 e. The van der Waals surface area contributed by atoms with Gasteiger partial charge in [0.15, 0.2) is 5.78 Å². The number of nitrogens with one attached hydrogen (secondary N) is 1. The van der Waals surface area contributed by atoms with Crippen LogP contribution in [0.15, 0.2) is 0 Å². The molecule has 0 saturated carbocycles. The fraction of sp³-hybridized carbons (Fsp3) is 0.920. The van der Waals surface area contributed by atoms with Crippen molar-refractivity contribution in [3.05, 3.63) is 0 Å². The smallest absolute Gasteiger partial charge is 0.220 e. The highest BCUT2D eigenvalue weighted by molar-refractivity contribution is 5.76. The Morgan fingerprint density at radius 2 is 0.971 bits per heavy atom. The number of Topliss-reactive ketones (excluding diaryl/α,β-unsaturated/α-hetero) is 1. The first-order chi connectivity index (χ1) is 17.2. The summed E-state index contributed by atoms with van der Waals surface area (Å²) in [5, 5.41) is 2.88. The monoisotopic (exact) mass is 507 g/mol. The second kappa shape index (κ2) is 29.1. The maximum absolute atomic E-state index is 11.8. The minimum Gasteiger partial charge on any atom is -0.385 e. The Morgan fingerprint density at radius 3 is 1.46 bits per heavy atom. The zero-order valence-electron chi connectivity index (χ0n) is 22.0. The molecule has 0 aliphatic carbocycles. The first kappa shape index (κ1) is 33.9. The van der Waals surface area contributed by atoms with E-state index in [2.05, 4.69) is 5.32 Å². The molecule has 0 aliphatic rings. The molecule has 0 aliphatic heterocycles. The van der Waals surface area contributed by atoms with Gasteiger partial charge in [0.25, 0.3) is 0 Å². The summed E-state index contributed by atoms with van der Waals surface area (Å²) >= 11 is 0. The number of hydrogen-bond donors (Lipinski definition) is 1. The van der Waals surface area contributed by atoms with E-state index in [-0.39, 0.29) is 18.3 Å². The van der Waals surface area contributed by atoms with Crippen LogP contribution in [0.1, 0.15) is 51.9 Å². The molecular formula is C25H49NO9. The van der Waals surface area contributed by atoms with Gasteiger partial charge in [0.1, 0.15) is 6.61 Å². The minimum absolute atomic E-state index is 0.00568. The number of amides is 1. The molecule has 0 bridgehead atoms. The van der Waals surface area contributed by atoms with E-state index in [1.54, 1.807) is 7.11 Å². The lowest BCUT2D eigenvalue weighted by atomic mass is 10.1. The molecule has 208 valence electrons. The van der Waals surface area contributed by atoms with E-state index in [1.807, 2.05) is 0 Å². The number of unbranched alkanes of at least 4 members (excludes halogenated alkanes) is 5. The van der Waals surface area contributed by atoms with Crippen LogP contribution in [0.3, 0.4) is 0 Å². The highest BCUT2D eigenvalue weighted by Gasteiger charge is 2.01. The molecule has 0 radical (unpaired) electrons. The SMILES string of the molecule is COCCCCCCCCC(=O)NCCOCCOCCOCCOCCOCCOCC(C)=O. The van der Waals surface area contributed by atoms with E-state index in [0.29, 0.717) is 85.6 Å². The normalized spacial score (nSPS) is 11.1. The van der Waals surface area contributed by atoms with Crippen LogP contribution in [-0.2, 0) is 42.7 Å². The van der Waals surface area contributed by atoms with Gasteiger partial charge in [-0.3, -0.25) is 9.59 Å². The fourth-order valence-electron chi connectivity index (χ4n) is 2.91. The number of rotatable bonds is 29. The van der Waals surface area contributed by atoms with Gasteiger partial charge in [0.05, 0.1) is 72.7 Å². The average molecular weight is 508 g/mol. The van der Waals surface area contributed by atoms with Crippen molar-refractivity contribution < 1.29 is 42.7 Å².